The van der Waals surface area contributed by atoms with Gasteiger partial charge in [-0.1, -0.05) is 0 Å². The van der Waals surface area contributed by atoms with E-state index in [1.165, 1.54) is 23.1 Å². The van der Waals surface area contributed by atoms with Crippen molar-refractivity contribution in [2.45, 2.75) is 59.9 Å². The number of anilines is 1. The largest absolute Gasteiger partial charge is 0.586 e. The molecule has 0 saturated carbocycles. The predicted octanol–water partition coefficient (Wildman–Crippen LogP) is 5.05. The first kappa shape index (κ1) is 30.2. The minimum Gasteiger partial charge on any atom is -0.448 e. The third-order valence-electron chi connectivity index (χ3n) is 6.74. The maximum Gasteiger partial charge on any atom is 0.586 e. The molecule has 3 heterocycles. The van der Waals surface area contributed by atoms with E-state index in [0.29, 0.717) is 16.7 Å². The van der Waals surface area contributed by atoms with Gasteiger partial charge in [0.2, 0.25) is 5.91 Å². The number of likely N-dealkylation sites (N-methyl/N-ethyl adjacent to an activating group) is 1. The molecule has 1 N–H and O–H groups in total. The predicted molar refractivity (Wildman–Crippen MR) is 156 cm³/mol. The monoisotopic (exact) mass is 605 g/mol. The topological polar surface area (TPSA) is 140 Å². The molecule has 1 aliphatic rings. The molecule has 13 heteroatoms. The first-order valence-electron chi connectivity index (χ1n) is 13.7. The highest BCUT2D eigenvalue weighted by Crippen LogP contribution is 2.44. The lowest BCUT2D eigenvalue weighted by Gasteiger charge is -2.23. The normalized spacial score (nSPS) is 13.5. The van der Waals surface area contributed by atoms with Crippen molar-refractivity contribution < 1.29 is 32.3 Å². The number of benzene rings is 2. The number of aryl methyl sites for hydroxylation is 2. The smallest absolute Gasteiger partial charge is 0.448 e. The van der Waals surface area contributed by atoms with Crippen LogP contribution in [0, 0.1) is 25.2 Å². The van der Waals surface area contributed by atoms with E-state index in [2.05, 4.69) is 26.0 Å². The third kappa shape index (κ3) is 5.83. The van der Waals surface area contributed by atoms with Gasteiger partial charge >= 0.3 is 6.29 Å². The fraction of sp³-hybridized carbons (Fsp3) is 0.323. The molecule has 228 valence electrons. The Kier molecular flexibility index (Phi) is 7.41. The summed E-state index contributed by atoms with van der Waals surface area (Å²) in [7, 11) is 0. The zero-order valence-electron chi connectivity index (χ0n) is 24.9. The molecule has 0 spiro atoms. The molecule has 2 aromatic heterocycles. The Morgan fingerprint density at radius 2 is 1.77 bits per heavy atom. The number of hydrogen-bond donors (Lipinski definition) is 1. The molecule has 0 bridgehead atoms. The van der Waals surface area contributed by atoms with Crippen molar-refractivity contribution in [2.24, 2.45) is 0 Å². The molecule has 44 heavy (non-hydrogen) atoms. The van der Waals surface area contributed by atoms with Gasteiger partial charge in [-0.2, -0.15) is 10.4 Å². The maximum absolute atomic E-state index is 13.7. The number of aromatic nitrogens is 2. The number of nitrogens with one attached hydrogen (secondary N) is 1. The van der Waals surface area contributed by atoms with Crippen LogP contribution < -0.4 is 25.2 Å². The molecule has 5 rings (SSSR count). The maximum atomic E-state index is 13.7. The lowest BCUT2D eigenvalue weighted by molar-refractivity contribution is -0.286. The van der Waals surface area contributed by atoms with Crippen LogP contribution in [0.15, 0.2) is 45.6 Å². The number of nitriles is 1. The van der Waals surface area contributed by atoms with Crippen LogP contribution in [0.1, 0.15) is 54.9 Å². The summed E-state index contributed by atoms with van der Waals surface area (Å²) >= 11 is 0. The zero-order chi connectivity index (χ0) is 32.1. The number of hydrogen-bond acceptors (Lipinski definition) is 8. The first-order valence-corrected chi connectivity index (χ1v) is 13.7. The Bertz CT molecular complexity index is 1930. The Labute approximate surface area is 250 Å². The van der Waals surface area contributed by atoms with Crippen LogP contribution in [0.2, 0.25) is 0 Å². The van der Waals surface area contributed by atoms with Gasteiger partial charge < -0.3 is 24.1 Å². The second-order valence-corrected chi connectivity index (χ2v) is 11.5. The summed E-state index contributed by atoms with van der Waals surface area (Å²) in [5.74, 6) is -1.64. The van der Waals surface area contributed by atoms with Crippen LogP contribution in [0.4, 0.5) is 14.5 Å². The Balaban J connectivity index is 1.60. The van der Waals surface area contributed by atoms with Crippen molar-refractivity contribution in [3.05, 3.63) is 69.2 Å². The summed E-state index contributed by atoms with van der Waals surface area (Å²) in [5, 5.41) is 16.8. The van der Waals surface area contributed by atoms with Crippen molar-refractivity contribution in [2.75, 3.05) is 11.4 Å². The van der Waals surface area contributed by atoms with E-state index in [9.17, 15) is 28.4 Å². The van der Waals surface area contributed by atoms with Crippen molar-refractivity contribution in [1.29, 1.82) is 5.26 Å². The van der Waals surface area contributed by atoms with Crippen LogP contribution in [0.25, 0.3) is 22.2 Å². The number of halogens is 2. The highest BCUT2D eigenvalue weighted by atomic mass is 19.3. The van der Waals surface area contributed by atoms with Crippen molar-refractivity contribution in [1.82, 2.24) is 15.1 Å². The summed E-state index contributed by atoms with van der Waals surface area (Å²) in [5.41, 5.74) is 1.14. The van der Waals surface area contributed by atoms with Crippen molar-refractivity contribution >= 4 is 28.5 Å². The van der Waals surface area contributed by atoms with Crippen molar-refractivity contribution in [3.63, 3.8) is 0 Å². The van der Waals surface area contributed by atoms with Crippen LogP contribution in [0.3, 0.4) is 0 Å². The van der Waals surface area contributed by atoms with Gasteiger partial charge in [0.1, 0.15) is 12.2 Å². The molecule has 0 fully saturated rings. The third-order valence-corrected chi connectivity index (χ3v) is 6.74. The molecule has 2 aromatic carbocycles. The van der Waals surface area contributed by atoms with E-state index in [-0.39, 0.29) is 46.2 Å². The van der Waals surface area contributed by atoms with Gasteiger partial charge in [0, 0.05) is 29.8 Å². The summed E-state index contributed by atoms with van der Waals surface area (Å²) in [6.45, 7) is 10.1. The number of alkyl halides is 2. The van der Waals surface area contributed by atoms with E-state index in [1.54, 1.807) is 59.7 Å². The minimum absolute atomic E-state index is 0.00594. The molecule has 0 atom stereocenters. The summed E-state index contributed by atoms with van der Waals surface area (Å²) in [6.07, 6.45) is -3.83. The average Bonchev–Trinajstić information content (AvgIpc) is 3.50. The number of fused-ring (bicyclic) bond motifs is 2. The van der Waals surface area contributed by atoms with Gasteiger partial charge in [0.05, 0.1) is 22.7 Å². The fourth-order valence-electron chi connectivity index (χ4n) is 4.94. The van der Waals surface area contributed by atoms with Gasteiger partial charge in [0.25, 0.3) is 11.5 Å². The molecule has 1 aliphatic heterocycles. The first-order chi connectivity index (χ1) is 20.6. The number of furan rings is 1. The van der Waals surface area contributed by atoms with E-state index in [1.807, 2.05) is 0 Å². The molecule has 0 saturated heterocycles. The van der Waals surface area contributed by atoms with E-state index in [4.69, 9.17) is 4.42 Å². The summed E-state index contributed by atoms with van der Waals surface area (Å²) < 4.78 is 43.2. The van der Waals surface area contributed by atoms with E-state index < -0.39 is 35.8 Å². The lowest BCUT2D eigenvalue weighted by atomic mass is 10.0. The van der Waals surface area contributed by atoms with Crippen LogP contribution in [-0.4, -0.2) is 40.0 Å². The highest BCUT2D eigenvalue weighted by molar-refractivity contribution is 5.99. The fourth-order valence-corrected chi connectivity index (χ4v) is 4.94. The molecule has 0 unspecified atom stereocenters. The number of nitrogens with zero attached hydrogens (tertiary/aromatic N) is 4. The molecule has 2 amide bonds. The molecule has 11 nitrogen and oxygen atoms in total. The Morgan fingerprint density at radius 1 is 1.09 bits per heavy atom. The number of carbonyl (C=O) groups is 2. The molecular weight excluding hydrogens is 576 g/mol. The highest BCUT2D eigenvalue weighted by Gasteiger charge is 2.44. The number of amides is 2. The van der Waals surface area contributed by atoms with Gasteiger partial charge in [0.15, 0.2) is 22.8 Å². The van der Waals surface area contributed by atoms with Crippen LogP contribution >= 0.6 is 0 Å². The lowest BCUT2D eigenvalue weighted by Crippen LogP contribution is -2.40. The molecule has 0 aliphatic carbocycles. The van der Waals surface area contributed by atoms with Gasteiger partial charge in [-0.05, 0) is 76.9 Å². The number of rotatable bonds is 6. The summed E-state index contributed by atoms with van der Waals surface area (Å²) in [6, 6.07) is 11.0. The molecule has 0 radical (unpaired) electrons. The second-order valence-electron chi connectivity index (χ2n) is 11.5. The average molecular weight is 606 g/mol. The minimum atomic E-state index is -3.83. The summed E-state index contributed by atoms with van der Waals surface area (Å²) in [4.78, 5) is 41.6. The Morgan fingerprint density at radius 3 is 2.41 bits per heavy atom. The van der Waals surface area contributed by atoms with Crippen molar-refractivity contribution in [3.8, 4) is 28.8 Å². The quantitative estimate of drug-likeness (QED) is 0.322. The zero-order valence-corrected chi connectivity index (χ0v) is 24.9. The second kappa shape index (κ2) is 10.8. The van der Waals surface area contributed by atoms with E-state index in [0.717, 1.165) is 10.2 Å². The van der Waals surface area contributed by atoms with Gasteiger partial charge in [-0.25, -0.2) is 4.68 Å². The molecule has 4 aromatic rings. The van der Waals surface area contributed by atoms with Crippen LogP contribution in [-0.2, 0) is 11.3 Å². The SMILES string of the molecule is CCN(C(=O)Cn1nc(-c2cc(C)cc(C#N)c2)c2oc(C(=O)NC(C)(C)C)cc2c1=O)c1cc2c(cc1C)OC(F)(F)O2. The van der Waals surface area contributed by atoms with Gasteiger partial charge in [-0.15, -0.1) is 8.78 Å². The number of carbonyl (C=O) groups excluding carboxylic acids is 2. The Hall–Kier alpha value is -5.25. The molecular formula is C31H29F2N5O6. The number of ether oxygens (including phenoxy) is 2. The standard InChI is InChI=1S/C31H29F2N5O6/c1-7-37(21-13-23-22(10-17(21)3)43-31(32,33)44-23)25(39)15-38-29(41)20-12-24(28(40)35-30(4,5)6)42-27(20)26(36-38)19-9-16(2)8-18(11-19)14-34/h8-13H,7,15H2,1-6H3,(H,35,40). The van der Waals surface area contributed by atoms with Crippen LogP contribution in [0.5, 0.6) is 11.5 Å². The van der Waals surface area contributed by atoms with Gasteiger partial charge in [-0.3, -0.25) is 14.4 Å². The van der Waals surface area contributed by atoms with E-state index >= 15 is 0 Å².